The second-order valence-electron chi connectivity index (χ2n) is 5.42. The molecule has 0 radical (unpaired) electrons. The first-order valence-corrected chi connectivity index (χ1v) is 9.35. The summed E-state index contributed by atoms with van der Waals surface area (Å²) in [6.07, 6.45) is 0. The molecule has 2 aromatic carbocycles. The normalized spacial score (nSPS) is 11.7. The van der Waals surface area contributed by atoms with Gasteiger partial charge in [-0.3, -0.25) is 0 Å². The zero-order valence-corrected chi connectivity index (χ0v) is 15.9. The number of hydrogen-bond acceptors (Lipinski definition) is 5. The van der Waals surface area contributed by atoms with Crippen molar-refractivity contribution >= 4 is 27.6 Å². The fraction of sp³-hybridized carbons (Fsp3) is 0.235. The molecule has 0 heterocycles. The van der Waals surface area contributed by atoms with Gasteiger partial charge in [0.2, 0.25) is 10.0 Å². The Morgan fingerprint density at radius 2 is 1.81 bits per heavy atom. The van der Waals surface area contributed by atoms with Gasteiger partial charge >= 0.3 is 12.6 Å². The molecule has 0 fully saturated rings. The van der Waals surface area contributed by atoms with Crippen LogP contribution in [-0.4, -0.2) is 39.5 Å². The largest absolute Gasteiger partial charge is 0.465 e. The molecule has 27 heavy (non-hydrogen) atoms. The Morgan fingerprint density at radius 3 is 2.33 bits per heavy atom. The first kappa shape index (κ1) is 21.1. The van der Waals surface area contributed by atoms with Crippen LogP contribution in [0.5, 0.6) is 5.75 Å². The van der Waals surface area contributed by atoms with Crippen LogP contribution in [0, 0.1) is 0 Å². The van der Waals surface area contributed by atoms with E-state index in [0.717, 1.165) is 22.5 Å². The molecule has 10 heteroatoms. The Morgan fingerprint density at radius 1 is 1.19 bits per heavy atom. The van der Waals surface area contributed by atoms with E-state index >= 15 is 0 Å². The van der Waals surface area contributed by atoms with Gasteiger partial charge in [0.05, 0.1) is 22.6 Å². The van der Waals surface area contributed by atoms with Crippen LogP contribution < -0.4 is 4.74 Å². The van der Waals surface area contributed by atoms with Gasteiger partial charge in [0.25, 0.3) is 0 Å². The summed E-state index contributed by atoms with van der Waals surface area (Å²) in [7, 11) is -1.30. The summed E-state index contributed by atoms with van der Waals surface area (Å²) in [4.78, 5) is 11.3. The molecule has 0 aliphatic carbocycles. The van der Waals surface area contributed by atoms with Crippen molar-refractivity contribution < 1.29 is 31.5 Å². The van der Waals surface area contributed by atoms with Crippen molar-refractivity contribution in [2.24, 2.45) is 0 Å². The first-order valence-electron chi connectivity index (χ1n) is 7.53. The van der Waals surface area contributed by atoms with Gasteiger partial charge in [-0.2, -0.15) is 13.1 Å². The molecule has 0 spiro atoms. The van der Waals surface area contributed by atoms with Gasteiger partial charge in [0.1, 0.15) is 5.75 Å². The van der Waals surface area contributed by atoms with Gasteiger partial charge in [-0.1, -0.05) is 23.7 Å². The molecule has 0 aliphatic heterocycles. The topological polar surface area (TPSA) is 72.9 Å². The third-order valence-corrected chi connectivity index (χ3v) is 5.70. The molecule has 0 N–H and O–H groups in total. The van der Waals surface area contributed by atoms with Crippen molar-refractivity contribution in [3.63, 3.8) is 0 Å². The van der Waals surface area contributed by atoms with E-state index in [1.165, 1.54) is 26.3 Å². The summed E-state index contributed by atoms with van der Waals surface area (Å²) in [5.41, 5.74) is 0.977. The van der Waals surface area contributed by atoms with Gasteiger partial charge in [-0.15, -0.1) is 0 Å². The minimum Gasteiger partial charge on any atom is -0.465 e. The van der Waals surface area contributed by atoms with E-state index in [9.17, 15) is 22.0 Å². The van der Waals surface area contributed by atoms with Gasteiger partial charge in [-0.25, -0.2) is 13.2 Å². The SMILES string of the molecule is COC(=O)c1ccc(CN(C)S(=O)(=O)c2ccc(OC(F)F)c(Cl)c2)cc1. The summed E-state index contributed by atoms with van der Waals surface area (Å²) in [5.74, 6) is -0.810. The third-order valence-electron chi connectivity index (χ3n) is 3.61. The average molecular weight is 420 g/mol. The van der Waals surface area contributed by atoms with Crippen LogP contribution in [0.3, 0.4) is 0 Å². The molecule has 146 valence electrons. The maximum Gasteiger partial charge on any atom is 0.387 e. The molecule has 0 aromatic heterocycles. The predicted molar refractivity (Wildman–Crippen MR) is 94.5 cm³/mol. The first-order chi connectivity index (χ1) is 12.6. The monoisotopic (exact) mass is 419 g/mol. The molecular weight excluding hydrogens is 404 g/mol. The van der Waals surface area contributed by atoms with E-state index in [0.29, 0.717) is 11.1 Å². The van der Waals surface area contributed by atoms with Crippen LogP contribution in [0.2, 0.25) is 5.02 Å². The number of carbonyl (C=O) groups excluding carboxylic acids is 1. The number of nitrogens with zero attached hydrogens (tertiary/aromatic N) is 1. The lowest BCUT2D eigenvalue weighted by Gasteiger charge is -2.18. The second kappa shape index (κ2) is 8.64. The quantitative estimate of drug-likeness (QED) is 0.642. The number of hydrogen-bond donors (Lipinski definition) is 0. The second-order valence-corrected chi connectivity index (χ2v) is 7.87. The molecule has 0 saturated carbocycles. The Balaban J connectivity index is 2.18. The fourth-order valence-electron chi connectivity index (χ4n) is 2.22. The van der Waals surface area contributed by atoms with Crippen molar-refractivity contribution in [1.82, 2.24) is 4.31 Å². The zero-order chi connectivity index (χ0) is 20.2. The van der Waals surface area contributed by atoms with Gasteiger partial charge in [-0.05, 0) is 35.9 Å². The number of benzene rings is 2. The highest BCUT2D eigenvalue weighted by molar-refractivity contribution is 7.89. The van der Waals surface area contributed by atoms with E-state index in [2.05, 4.69) is 9.47 Å². The maximum atomic E-state index is 12.6. The summed E-state index contributed by atoms with van der Waals surface area (Å²) < 4.78 is 59.7. The van der Waals surface area contributed by atoms with Gasteiger partial charge < -0.3 is 9.47 Å². The number of rotatable bonds is 7. The highest BCUT2D eigenvalue weighted by Gasteiger charge is 2.23. The van der Waals surface area contributed by atoms with E-state index in [-0.39, 0.29) is 22.2 Å². The minimum absolute atomic E-state index is 0.0245. The molecular formula is C17H16ClF2NO5S. The lowest BCUT2D eigenvalue weighted by atomic mass is 10.1. The molecule has 2 aromatic rings. The molecule has 6 nitrogen and oxygen atoms in total. The van der Waals surface area contributed by atoms with Crippen LogP contribution in [-0.2, 0) is 21.3 Å². The van der Waals surface area contributed by atoms with Crippen LogP contribution in [0.1, 0.15) is 15.9 Å². The number of methoxy groups -OCH3 is 1. The molecule has 0 aliphatic rings. The summed E-state index contributed by atoms with van der Waals surface area (Å²) in [5, 5.41) is -0.243. The molecule has 0 unspecified atom stereocenters. The van der Waals surface area contributed by atoms with Crippen LogP contribution in [0.25, 0.3) is 0 Å². The lowest BCUT2D eigenvalue weighted by Crippen LogP contribution is -2.26. The van der Waals surface area contributed by atoms with Crippen LogP contribution >= 0.6 is 11.6 Å². The number of ether oxygens (including phenoxy) is 2. The molecule has 0 saturated heterocycles. The highest BCUT2D eigenvalue weighted by atomic mass is 35.5. The molecule has 0 bridgehead atoms. The number of carbonyl (C=O) groups is 1. The van der Waals surface area contributed by atoms with Crippen LogP contribution in [0.4, 0.5) is 8.78 Å². The van der Waals surface area contributed by atoms with E-state index < -0.39 is 22.6 Å². The van der Waals surface area contributed by atoms with Gasteiger partial charge in [0, 0.05) is 13.6 Å². The summed E-state index contributed by atoms with van der Waals surface area (Å²) in [6, 6.07) is 9.50. The van der Waals surface area contributed by atoms with Crippen molar-refractivity contribution in [2.45, 2.75) is 18.1 Å². The van der Waals surface area contributed by atoms with E-state index in [1.54, 1.807) is 12.1 Å². The summed E-state index contributed by atoms with van der Waals surface area (Å²) in [6.45, 7) is -3.04. The maximum absolute atomic E-state index is 12.6. The Bertz CT molecular complexity index is 919. The van der Waals surface area contributed by atoms with Gasteiger partial charge in [0.15, 0.2) is 0 Å². The lowest BCUT2D eigenvalue weighted by molar-refractivity contribution is -0.0498. The number of sulfonamides is 1. The van der Waals surface area contributed by atoms with Crippen molar-refractivity contribution in [2.75, 3.05) is 14.2 Å². The highest BCUT2D eigenvalue weighted by Crippen LogP contribution is 2.30. The molecule has 0 atom stereocenters. The number of halogens is 3. The number of esters is 1. The predicted octanol–water partition coefficient (Wildman–Crippen LogP) is 3.55. The smallest absolute Gasteiger partial charge is 0.387 e. The van der Waals surface area contributed by atoms with Crippen molar-refractivity contribution in [1.29, 1.82) is 0 Å². The Kier molecular flexibility index (Phi) is 6.74. The summed E-state index contributed by atoms with van der Waals surface area (Å²) >= 11 is 5.82. The zero-order valence-electron chi connectivity index (χ0n) is 14.4. The Hall–Kier alpha value is -2.23. The van der Waals surface area contributed by atoms with Crippen molar-refractivity contribution in [3.8, 4) is 5.75 Å². The molecule has 0 amide bonds. The standard InChI is InChI=1S/C17H16ClF2NO5S/c1-21(10-11-3-5-12(6-4-11)16(22)25-2)27(23,24)13-7-8-15(14(18)9-13)26-17(19)20/h3-9,17H,10H2,1-2H3. The van der Waals surface area contributed by atoms with E-state index in [1.807, 2.05) is 0 Å². The minimum atomic E-state index is -3.92. The van der Waals surface area contributed by atoms with Crippen molar-refractivity contribution in [3.05, 3.63) is 58.6 Å². The number of alkyl halides is 2. The van der Waals surface area contributed by atoms with Crippen LogP contribution in [0.15, 0.2) is 47.4 Å². The fourth-order valence-corrected chi connectivity index (χ4v) is 3.70. The van der Waals surface area contributed by atoms with E-state index in [4.69, 9.17) is 11.6 Å². The average Bonchev–Trinajstić information content (AvgIpc) is 2.62. The molecule has 2 rings (SSSR count). The Labute approximate surface area is 160 Å². The third kappa shape index (κ3) is 5.15.